The van der Waals surface area contributed by atoms with E-state index in [1.165, 1.54) is 28.9 Å². The number of likely N-dealkylation sites (tertiary alicyclic amines) is 1. The second-order valence-corrected chi connectivity index (χ2v) is 14.2. The van der Waals surface area contributed by atoms with Crippen LogP contribution in [0.2, 0.25) is 0 Å². The van der Waals surface area contributed by atoms with Crippen LogP contribution in [0.5, 0.6) is 0 Å². The van der Waals surface area contributed by atoms with Gasteiger partial charge in [0.15, 0.2) is 0 Å². The van der Waals surface area contributed by atoms with Crippen molar-refractivity contribution in [1.29, 1.82) is 0 Å². The fourth-order valence-corrected chi connectivity index (χ4v) is 7.88. The van der Waals surface area contributed by atoms with Crippen molar-refractivity contribution in [2.24, 2.45) is 5.92 Å². The summed E-state index contributed by atoms with van der Waals surface area (Å²) in [6.45, 7) is 2.04. The van der Waals surface area contributed by atoms with Gasteiger partial charge >= 0.3 is 6.09 Å². The minimum absolute atomic E-state index is 0.0259. The van der Waals surface area contributed by atoms with Crippen molar-refractivity contribution in [3.8, 4) is 0 Å². The van der Waals surface area contributed by atoms with E-state index in [4.69, 9.17) is 4.74 Å². The van der Waals surface area contributed by atoms with E-state index in [0.29, 0.717) is 23.4 Å². The number of amides is 4. The lowest BCUT2D eigenvalue weighted by molar-refractivity contribution is -0.138. The van der Waals surface area contributed by atoms with E-state index in [1.54, 1.807) is 30.3 Å². The molecule has 0 bridgehead atoms. The molecule has 0 radical (unpaired) electrons. The van der Waals surface area contributed by atoms with Crippen molar-refractivity contribution < 1.29 is 36.7 Å². The molecule has 0 aromatic heterocycles. The number of hydrogen-bond acceptors (Lipinski definition) is 8. The molecule has 3 aliphatic heterocycles. The summed E-state index contributed by atoms with van der Waals surface area (Å²) in [5.74, 6) is -2.82. The summed E-state index contributed by atoms with van der Waals surface area (Å²) in [6.07, 6.45) is 5.84. The van der Waals surface area contributed by atoms with Crippen LogP contribution in [-0.4, -0.2) is 72.8 Å². The van der Waals surface area contributed by atoms with E-state index in [-0.39, 0.29) is 37.4 Å². The Morgan fingerprint density at radius 3 is 2.66 bits per heavy atom. The van der Waals surface area contributed by atoms with Gasteiger partial charge in [-0.3, -0.25) is 19.3 Å². The first kappa shape index (κ1) is 32.5. The lowest BCUT2D eigenvalue weighted by Gasteiger charge is -2.25. The summed E-state index contributed by atoms with van der Waals surface area (Å²) in [5.41, 5.74) is -0.0734. The highest BCUT2D eigenvalue weighted by atomic mass is 32.2. The van der Waals surface area contributed by atoms with E-state index in [2.05, 4.69) is 15.4 Å². The molecule has 2 aromatic carbocycles. The van der Waals surface area contributed by atoms with Crippen molar-refractivity contribution in [2.45, 2.75) is 81.1 Å². The number of fused-ring (bicyclic) bond motifs is 3. The molecule has 250 valence electrons. The van der Waals surface area contributed by atoms with Crippen LogP contribution in [0, 0.1) is 11.7 Å². The molecule has 47 heavy (non-hydrogen) atoms. The van der Waals surface area contributed by atoms with Crippen LogP contribution < -0.4 is 15.4 Å². The first-order valence-electron chi connectivity index (χ1n) is 15.9. The van der Waals surface area contributed by atoms with E-state index >= 15 is 0 Å². The Balaban J connectivity index is 1.18. The number of nitrogens with one attached hydrogen (secondary N) is 3. The minimum atomic E-state index is -4.31. The average molecular weight is 668 g/mol. The van der Waals surface area contributed by atoms with E-state index < -0.39 is 63.3 Å². The van der Waals surface area contributed by atoms with Gasteiger partial charge < -0.3 is 20.3 Å². The lowest BCUT2D eigenvalue weighted by atomic mass is 10.1. The molecule has 0 unspecified atom stereocenters. The normalized spacial score (nSPS) is 27.4. The number of hydrogen-bond donors (Lipinski definition) is 3. The third-order valence-corrected chi connectivity index (χ3v) is 10.7. The summed E-state index contributed by atoms with van der Waals surface area (Å²) in [4.78, 5) is 55.7. The maximum atomic E-state index is 14.2. The number of nitrogens with zero attached hydrogens (tertiary/aromatic N) is 2. The number of sulfonamides is 1. The van der Waals surface area contributed by atoms with Crippen molar-refractivity contribution in [1.82, 2.24) is 19.8 Å². The maximum absolute atomic E-state index is 14.2. The summed E-state index contributed by atoms with van der Waals surface area (Å²) < 4.78 is 49.0. The summed E-state index contributed by atoms with van der Waals surface area (Å²) >= 11 is 0. The molecule has 1 aliphatic carbocycles. The summed E-state index contributed by atoms with van der Waals surface area (Å²) in [5, 5.41) is 5.93. The van der Waals surface area contributed by atoms with Crippen LogP contribution in [0.1, 0.15) is 56.6 Å². The predicted octanol–water partition coefficient (Wildman–Crippen LogP) is 3.19. The van der Waals surface area contributed by atoms with Crippen molar-refractivity contribution in [3.05, 3.63) is 71.6 Å². The Morgan fingerprint density at radius 1 is 1.06 bits per heavy atom. The molecule has 1 saturated carbocycles. The Bertz CT molecular complexity index is 1730. The van der Waals surface area contributed by atoms with E-state index in [1.807, 2.05) is 12.2 Å². The molecule has 3 N–H and O–H groups in total. The highest BCUT2D eigenvalue weighted by Gasteiger charge is 2.61. The van der Waals surface area contributed by atoms with Gasteiger partial charge in [0.25, 0.3) is 15.9 Å². The zero-order valence-electron chi connectivity index (χ0n) is 26.0. The van der Waals surface area contributed by atoms with Gasteiger partial charge in [-0.1, -0.05) is 42.8 Å². The van der Waals surface area contributed by atoms with Gasteiger partial charge in [0.1, 0.15) is 28.4 Å². The number of benzene rings is 2. The van der Waals surface area contributed by atoms with Crippen LogP contribution >= 0.6 is 0 Å². The number of ether oxygens (including phenoxy) is 1. The molecule has 2 fully saturated rings. The number of rotatable bonds is 3. The van der Waals surface area contributed by atoms with Gasteiger partial charge in [0.2, 0.25) is 11.8 Å². The van der Waals surface area contributed by atoms with Gasteiger partial charge in [0.05, 0.1) is 18.8 Å². The SMILES string of the molecule is CC(=O)N1C[C@H](OC(=O)N2Cc3cccc(F)c3C2)C[C@H]1C(=O)N[C@]12C[C@H]1/C=C\CCCCCNc1ccccc1S(=O)(=O)NC2=O. The van der Waals surface area contributed by atoms with Crippen molar-refractivity contribution in [3.63, 3.8) is 0 Å². The topological polar surface area (TPSA) is 154 Å². The zero-order chi connectivity index (χ0) is 33.3. The number of anilines is 1. The Kier molecular flexibility index (Phi) is 8.97. The van der Waals surface area contributed by atoms with E-state index in [9.17, 15) is 32.0 Å². The van der Waals surface area contributed by atoms with Gasteiger partial charge in [-0.2, -0.15) is 0 Å². The van der Waals surface area contributed by atoms with Crippen LogP contribution in [0.15, 0.2) is 59.5 Å². The number of para-hydroxylation sites is 1. The number of halogens is 1. The van der Waals surface area contributed by atoms with Crippen LogP contribution in [0.4, 0.5) is 14.9 Å². The molecule has 4 amide bonds. The lowest BCUT2D eigenvalue weighted by Crippen LogP contribution is -2.56. The van der Waals surface area contributed by atoms with Gasteiger partial charge in [-0.25, -0.2) is 22.3 Å². The first-order valence-corrected chi connectivity index (χ1v) is 17.3. The molecule has 4 atom stereocenters. The Morgan fingerprint density at radius 2 is 1.87 bits per heavy atom. The second-order valence-electron chi connectivity index (χ2n) is 12.6. The number of allylic oxidation sites excluding steroid dienone is 1. The molecule has 4 aliphatic rings. The Labute approximate surface area is 272 Å². The quantitative estimate of drug-likeness (QED) is 0.422. The molecule has 14 heteroatoms. The van der Waals surface area contributed by atoms with Gasteiger partial charge in [0, 0.05) is 37.9 Å². The fraction of sp³-hybridized carbons (Fsp3) is 0.455. The second kappa shape index (κ2) is 13.0. The first-order chi connectivity index (χ1) is 22.5. The van der Waals surface area contributed by atoms with Crippen LogP contribution in [-0.2, 0) is 42.2 Å². The smallest absolute Gasteiger partial charge is 0.410 e. The summed E-state index contributed by atoms with van der Waals surface area (Å²) in [7, 11) is -4.31. The van der Waals surface area contributed by atoms with Crippen molar-refractivity contribution >= 4 is 39.5 Å². The predicted molar refractivity (Wildman–Crippen MR) is 169 cm³/mol. The molecular weight excluding hydrogens is 629 g/mol. The molecule has 6 rings (SSSR count). The fourth-order valence-electron chi connectivity index (χ4n) is 6.65. The molecule has 1 saturated heterocycles. The van der Waals surface area contributed by atoms with Crippen molar-refractivity contribution in [2.75, 3.05) is 18.4 Å². The van der Waals surface area contributed by atoms with Crippen LogP contribution in [0.25, 0.3) is 0 Å². The highest BCUT2D eigenvalue weighted by Crippen LogP contribution is 2.46. The number of carbonyl (C=O) groups is 4. The van der Waals surface area contributed by atoms with Gasteiger partial charge in [-0.15, -0.1) is 0 Å². The summed E-state index contributed by atoms with van der Waals surface area (Å²) in [6, 6.07) is 9.90. The molecule has 0 spiro atoms. The monoisotopic (exact) mass is 667 g/mol. The largest absolute Gasteiger partial charge is 0.444 e. The van der Waals surface area contributed by atoms with E-state index in [0.717, 1.165) is 25.7 Å². The molecule has 12 nitrogen and oxygen atoms in total. The standard InChI is InChI=1S/C33H38FN5O7S/c1-21(40)39-19-24(46-32(43)38-18-22-10-9-12-26(34)25(22)20-38)16-28(39)30(41)36-33-17-23(33)11-5-3-2-4-8-15-35-27-13-6-7-14-29(27)47(44,45)37-31(33)42/h5-7,9-14,23-24,28,35H,2-4,8,15-20H2,1H3,(H,36,41)(H,37,42)/b11-5-/t23-,24-,28+,33-/m1/s1. The van der Waals surface area contributed by atoms with Crippen LogP contribution in [0.3, 0.4) is 0 Å². The highest BCUT2D eigenvalue weighted by molar-refractivity contribution is 7.90. The zero-order valence-corrected chi connectivity index (χ0v) is 26.9. The Hall–Kier alpha value is -4.46. The molecule has 3 heterocycles. The average Bonchev–Trinajstić information content (AvgIpc) is 3.34. The number of carbonyl (C=O) groups excluding carboxylic acids is 4. The minimum Gasteiger partial charge on any atom is -0.444 e. The van der Waals surface area contributed by atoms with Gasteiger partial charge in [-0.05, 0) is 49.4 Å². The maximum Gasteiger partial charge on any atom is 0.410 e. The molecule has 2 aromatic rings. The third kappa shape index (κ3) is 6.69. The molecular formula is C33H38FN5O7S. The third-order valence-electron chi connectivity index (χ3n) is 9.32.